The van der Waals surface area contributed by atoms with Crippen LogP contribution in [0.4, 0.5) is 0 Å². The quantitative estimate of drug-likeness (QED) is 0.612. The molecule has 0 saturated heterocycles. The van der Waals surface area contributed by atoms with E-state index in [4.69, 9.17) is 9.15 Å². The first kappa shape index (κ1) is 15.3. The van der Waals surface area contributed by atoms with Crippen molar-refractivity contribution < 1.29 is 13.9 Å². The molecule has 6 nitrogen and oxygen atoms in total. The second kappa shape index (κ2) is 8.26. The number of nitrogens with one attached hydrogen (secondary N) is 1. The van der Waals surface area contributed by atoms with Crippen molar-refractivity contribution in [3.63, 3.8) is 0 Å². The molecule has 112 valence electrons. The predicted molar refractivity (Wildman–Crippen MR) is 75.7 cm³/mol. The second-order valence-electron chi connectivity index (χ2n) is 4.87. The molecular formula is C13H21N3O3S. The van der Waals surface area contributed by atoms with Crippen LogP contribution in [0.25, 0.3) is 0 Å². The normalized spacial score (nSPS) is 16.2. The monoisotopic (exact) mass is 299 g/mol. The maximum Gasteiger partial charge on any atom is 0.277 e. The second-order valence-corrected chi connectivity index (χ2v) is 5.80. The van der Waals surface area contributed by atoms with Crippen LogP contribution in [0.15, 0.2) is 9.64 Å². The van der Waals surface area contributed by atoms with Crippen molar-refractivity contribution >= 4 is 17.7 Å². The van der Waals surface area contributed by atoms with Gasteiger partial charge in [-0.2, -0.15) is 0 Å². The minimum atomic E-state index is -0.0514. The van der Waals surface area contributed by atoms with Crippen molar-refractivity contribution in [2.24, 2.45) is 0 Å². The van der Waals surface area contributed by atoms with Gasteiger partial charge in [0.2, 0.25) is 11.8 Å². The van der Waals surface area contributed by atoms with Crippen LogP contribution in [-0.2, 0) is 9.53 Å². The van der Waals surface area contributed by atoms with Gasteiger partial charge >= 0.3 is 0 Å². The van der Waals surface area contributed by atoms with Crippen LogP contribution in [0.2, 0.25) is 0 Å². The summed E-state index contributed by atoms with van der Waals surface area (Å²) >= 11 is 1.28. The number of nitrogens with zero attached hydrogens (tertiary/aromatic N) is 2. The average Bonchev–Trinajstić information content (AvgIpc) is 2.95. The first-order valence-electron chi connectivity index (χ1n) is 7.01. The Morgan fingerprint density at radius 2 is 2.20 bits per heavy atom. The molecule has 2 rings (SSSR count). The van der Waals surface area contributed by atoms with Crippen LogP contribution < -0.4 is 5.32 Å². The van der Waals surface area contributed by atoms with Gasteiger partial charge in [-0.3, -0.25) is 4.79 Å². The van der Waals surface area contributed by atoms with Crippen LogP contribution in [0.5, 0.6) is 0 Å². The lowest BCUT2D eigenvalue weighted by Crippen LogP contribution is -2.28. The molecule has 1 N–H and O–H groups in total. The maximum atomic E-state index is 11.5. The molecule has 0 aromatic carbocycles. The zero-order chi connectivity index (χ0) is 14.2. The SMILES string of the molecule is COCCNC(=O)CSc1nnc(C2CCCCC2)o1. The topological polar surface area (TPSA) is 77.2 Å². The molecule has 1 aliphatic rings. The zero-order valence-electron chi connectivity index (χ0n) is 11.8. The van der Waals surface area contributed by atoms with E-state index in [-0.39, 0.29) is 11.7 Å². The Kier molecular flexibility index (Phi) is 6.32. The number of aromatic nitrogens is 2. The highest BCUT2D eigenvalue weighted by Gasteiger charge is 2.21. The number of thioether (sulfide) groups is 1. The van der Waals surface area contributed by atoms with E-state index in [2.05, 4.69) is 15.5 Å². The van der Waals surface area contributed by atoms with E-state index in [9.17, 15) is 4.79 Å². The van der Waals surface area contributed by atoms with E-state index < -0.39 is 0 Å². The van der Waals surface area contributed by atoms with Crippen molar-refractivity contribution in [1.29, 1.82) is 0 Å². The van der Waals surface area contributed by atoms with Crippen molar-refractivity contribution in [2.45, 2.75) is 43.2 Å². The van der Waals surface area contributed by atoms with Gasteiger partial charge in [-0.05, 0) is 12.8 Å². The van der Waals surface area contributed by atoms with E-state index in [1.165, 1.54) is 31.0 Å². The molecule has 1 aromatic rings. The number of amides is 1. The van der Waals surface area contributed by atoms with E-state index >= 15 is 0 Å². The molecule has 1 amide bonds. The average molecular weight is 299 g/mol. The third-order valence-corrected chi connectivity index (χ3v) is 4.15. The lowest BCUT2D eigenvalue weighted by atomic mass is 9.89. The van der Waals surface area contributed by atoms with Crippen molar-refractivity contribution in [3.8, 4) is 0 Å². The zero-order valence-corrected chi connectivity index (χ0v) is 12.6. The molecule has 0 bridgehead atoms. The summed E-state index contributed by atoms with van der Waals surface area (Å²) in [6.07, 6.45) is 6.02. The van der Waals surface area contributed by atoms with Crippen LogP contribution in [-0.4, -0.2) is 42.1 Å². The molecular weight excluding hydrogens is 278 g/mol. The van der Waals surface area contributed by atoms with Gasteiger partial charge in [-0.1, -0.05) is 31.0 Å². The Balaban J connectivity index is 1.73. The highest BCUT2D eigenvalue weighted by atomic mass is 32.2. The van der Waals surface area contributed by atoms with Gasteiger partial charge in [-0.15, -0.1) is 10.2 Å². The van der Waals surface area contributed by atoms with Gasteiger partial charge in [-0.25, -0.2) is 0 Å². The molecule has 20 heavy (non-hydrogen) atoms. The number of carbonyl (C=O) groups excluding carboxylic acids is 1. The first-order valence-corrected chi connectivity index (χ1v) is 8.00. The van der Waals surface area contributed by atoms with E-state index in [1.807, 2.05) is 0 Å². The third-order valence-electron chi connectivity index (χ3n) is 3.33. The van der Waals surface area contributed by atoms with Gasteiger partial charge < -0.3 is 14.5 Å². The largest absolute Gasteiger partial charge is 0.416 e. The van der Waals surface area contributed by atoms with Crippen molar-refractivity contribution in [2.75, 3.05) is 26.0 Å². The fourth-order valence-electron chi connectivity index (χ4n) is 2.26. The highest BCUT2D eigenvalue weighted by Crippen LogP contribution is 2.32. The number of hydrogen-bond donors (Lipinski definition) is 1. The predicted octanol–water partition coefficient (Wildman–Crippen LogP) is 1.97. The van der Waals surface area contributed by atoms with E-state index in [0.717, 1.165) is 18.7 Å². The number of ether oxygens (including phenoxy) is 1. The van der Waals surface area contributed by atoms with Gasteiger partial charge in [0, 0.05) is 19.6 Å². The Morgan fingerprint density at radius 3 is 2.95 bits per heavy atom. The minimum absolute atomic E-state index is 0.0514. The van der Waals surface area contributed by atoms with Crippen LogP contribution in [0, 0.1) is 0 Å². The van der Waals surface area contributed by atoms with E-state index in [0.29, 0.717) is 24.3 Å². The summed E-state index contributed by atoms with van der Waals surface area (Å²) in [5, 5.41) is 11.3. The summed E-state index contributed by atoms with van der Waals surface area (Å²) in [5.74, 6) is 1.37. The van der Waals surface area contributed by atoms with Crippen LogP contribution >= 0.6 is 11.8 Å². The van der Waals surface area contributed by atoms with Crippen molar-refractivity contribution in [1.82, 2.24) is 15.5 Å². The molecule has 7 heteroatoms. The number of hydrogen-bond acceptors (Lipinski definition) is 6. The number of rotatable bonds is 7. The summed E-state index contributed by atoms with van der Waals surface area (Å²) < 4.78 is 10.5. The fourth-order valence-corrected chi connectivity index (χ4v) is 2.86. The summed E-state index contributed by atoms with van der Waals surface area (Å²) in [5.41, 5.74) is 0. The number of methoxy groups -OCH3 is 1. The molecule has 1 aromatic heterocycles. The lowest BCUT2D eigenvalue weighted by Gasteiger charge is -2.17. The molecule has 0 spiro atoms. The molecule has 1 heterocycles. The molecule has 0 aliphatic heterocycles. The maximum absolute atomic E-state index is 11.5. The molecule has 0 atom stereocenters. The summed E-state index contributed by atoms with van der Waals surface area (Å²) in [6, 6.07) is 0. The Morgan fingerprint density at radius 1 is 1.40 bits per heavy atom. The van der Waals surface area contributed by atoms with Gasteiger partial charge in [0.15, 0.2) is 0 Å². The molecule has 1 aliphatic carbocycles. The third kappa shape index (κ3) is 4.79. The van der Waals surface area contributed by atoms with Gasteiger partial charge in [0.25, 0.3) is 5.22 Å². The van der Waals surface area contributed by atoms with E-state index in [1.54, 1.807) is 7.11 Å². The Labute approximate surface area is 123 Å². The molecule has 1 fully saturated rings. The summed E-state index contributed by atoms with van der Waals surface area (Å²) in [7, 11) is 1.60. The smallest absolute Gasteiger partial charge is 0.277 e. The summed E-state index contributed by atoms with van der Waals surface area (Å²) in [6.45, 7) is 1.04. The van der Waals surface area contributed by atoms with Crippen LogP contribution in [0.3, 0.4) is 0 Å². The molecule has 1 saturated carbocycles. The standard InChI is InChI=1S/C13H21N3O3S/c1-18-8-7-14-11(17)9-20-13-16-15-12(19-13)10-5-3-2-4-6-10/h10H,2-9H2,1H3,(H,14,17). The summed E-state index contributed by atoms with van der Waals surface area (Å²) in [4.78, 5) is 11.5. The Bertz CT molecular complexity index is 419. The minimum Gasteiger partial charge on any atom is -0.416 e. The molecule has 0 unspecified atom stereocenters. The fraction of sp³-hybridized carbons (Fsp3) is 0.769. The first-order chi connectivity index (χ1) is 9.79. The van der Waals surface area contributed by atoms with Gasteiger partial charge in [0.1, 0.15) is 0 Å². The highest BCUT2D eigenvalue weighted by molar-refractivity contribution is 7.99. The Hall–Kier alpha value is -1.08. The van der Waals surface area contributed by atoms with Gasteiger partial charge in [0.05, 0.1) is 12.4 Å². The van der Waals surface area contributed by atoms with Crippen molar-refractivity contribution in [3.05, 3.63) is 5.89 Å². The molecule has 0 radical (unpaired) electrons. The lowest BCUT2D eigenvalue weighted by molar-refractivity contribution is -0.118. The van der Waals surface area contributed by atoms with Crippen LogP contribution in [0.1, 0.15) is 43.9 Å². The number of carbonyl (C=O) groups is 1.